The molecule has 0 fully saturated rings. The monoisotopic (exact) mass is 310 g/mol. The second kappa shape index (κ2) is 7.14. The Morgan fingerprint density at radius 1 is 1.50 bits per heavy atom. The molecular formula is C6H6Cl4N2S2. The molecule has 0 saturated carbocycles. The average molecular weight is 312 g/mol. The summed E-state index contributed by atoms with van der Waals surface area (Å²) >= 11 is 29.1. The molecule has 0 bridgehead atoms. The van der Waals surface area contributed by atoms with E-state index in [9.17, 15) is 0 Å². The molecule has 0 aromatic carbocycles. The number of nitrogens with one attached hydrogen (secondary N) is 1. The fourth-order valence-electron chi connectivity index (χ4n) is 0.310. The molecular weight excluding hydrogens is 306 g/mol. The van der Waals surface area contributed by atoms with Gasteiger partial charge in [-0.3, -0.25) is 0 Å². The summed E-state index contributed by atoms with van der Waals surface area (Å²) in [5.41, 5.74) is 0. The summed E-state index contributed by atoms with van der Waals surface area (Å²) in [7, 11) is 0. The Morgan fingerprint density at radius 2 is 2.00 bits per heavy atom. The van der Waals surface area contributed by atoms with Crippen LogP contribution in [0.2, 0.25) is 0 Å². The lowest BCUT2D eigenvalue weighted by atomic mass is 10.7. The Labute approximate surface area is 112 Å². The zero-order chi connectivity index (χ0) is 11.2. The fraction of sp³-hybridized carbons (Fsp3) is 0.333. The van der Waals surface area contributed by atoms with Gasteiger partial charge in [0.25, 0.3) is 0 Å². The molecule has 1 aromatic heterocycles. The molecule has 8 heteroatoms. The van der Waals surface area contributed by atoms with Gasteiger partial charge in [0.2, 0.25) is 3.79 Å². The van der Waals surface area contributed by atoms with Crippen molar-refractivity contribution in [2.45, 2.75) is 8.50 Å². The molecule has 1 atom stereocenters. The van der Waals surface area contributed by atoms with Crippen molar-refractivity contribution in [1.82, 2.24) is 9.97 Å². The zero-order valence-electron chi connectivity index (χ0n) is 6.62. The van der Waals surface area contributed by atoms with Crippen LogP contribution in [0, 0.1) is 4.77 Å². The summed E-state index contributed by atoms with van der Waals surface area (Å²) < 4.78 is -1.66. The van der Waals surface area contributed by atoms with Gasteiger partial charge < -0.3 is 4.98 Å². The first-order chi connectivity index (χ1) is 6.34. The molecule has 0 aliphatic heterocycles. The number of alkyl halides is 4. The van der Waals surface area contributed by atoms with Crippen molar-refractivity contribution >= 4 is 71.3 Å². The largest absolute Gasteiger partial charge is 0.337 e. The van der Waals surface area contributed by atoms with Gasteiger partial charge >= 0.3 is 0 Å². The molecule has 80 valence electrons. The van der Waals surface area contributed by atoms with Gasteiger partial charge in [-0.15, -0.1) is 11.6 Å². The van der Waals surface area contributed by atoms with E-state index in [4.69, 9.17) is 46.4 Å². The lowest BCUT2D eigenvalue weighted by Crippen LogP contribution is -2.11. The highest BCUT2D eigenvalue weighted by Crippen LogP contribution is 2.35. The topological polar surface area (TPSA) is 28.7 Å². The van der Waals surface area contributed by atoms with E-state index in [0.717, 1.165) is 0 Å². The Morgan fingerprint density at radius 3 is 2.14 bits per heavy atom. The molecule has 1 heterocycles. The van der Waals surface area contributed by atoms with E-state index in [1.54, 1.807) is 18.5 Å². The van der Waals surface area contributed by atoms with E-state index in [0.29, 0.717) is 4.77 Å². The number of aromatic nitrogens is 2. The van der Waals surface area contributed by atoms with E-state index in [-0.39, 0.29) is 0 Å². The number of hydrogen-bond acceptors (Lipinski definition) is 3. The Balaban J connectivity index is 0.000000241. The van der Waals surface area contributed by atoms with Crippen molar-refractivity contribution in [3.63, 3.8) is 0 Å². The van der Waals surface area contributed by atoms with Crippen LogP contribution in [0.25, 0.3) is 0 Å². The summed E-state index contributed by atoms with van der Waals surface area (Å²) in [5.74, 6) is 0. The van der Waals surface area contributed by atoms with Crippen LogP contribution in [-0.4, -0.2) is 18.5 Å². The predicted molar refractivity (Wildman–Crippen MR) is 68.3 cm³/mol. The first kappa shape index (κ1) is 14.8. The van der Waals surface area contributed by atoms with Crippen LogP contribution < -0.4 is 0 Å². The highest BCUT2D eigenvalue weighted by Gasteiger charge is 2.27. The third kappa shape index (κ3) is 8.15. The summed E-state index contributed by atoms with van der Waals surface area (Å²) in [4.78, 5) is 6.47. The van der Waals surface area contributed by atoms with Gasteiger partial charge in [-0.1, -0.05) is 34.8 Å². The molecule has 0 amide bonds. The van der Waals surface area contributed by atoms with Crippen LogP contribution in [-0.2, 0) is 0 Å². The maximum Gasteiger partial charge on any atom is 0.215 e. The van der Waals surface area contributed by atoms with Gasteiger partial charge in [0.1, 0.15) is 4.71 Å². The van der Waals surface area contributed by atoms with E-state index in [2.05, 4.69) is 34.8 Å². The number of rotatable bonds is 0. The minimum Gasteiger partial charge on any atom is -0.337 e. The van der Waals surface area contributed by atoms with Crippen molar-refractivity contribution in [2.24, 2.45) is 0 Å². The van der Waals surface area contributed by atoms with E-state index < -0.39 is 8.50 Å². The van der Waals surface area contributed by atoms with Gasteiger partial charge in [0.05, 0.1) is 0 Å². The van der Waals surface area contributed by atoms with Gasteiger partial charge in [-0.05, 0) is 18.3 Å². The fourth-order valence-corrected chi connectivity index (χ4v) is 0.439. The lowest BCUT2D eigenvalue weighted by Gasteiger charge is -2.10. The maximum absolute atomic E-state index is 5.22. The molecule has 14 heavy (non-hydrogen) atoms. The van der Waals surface area contributed by atoms with Crippen molar-refractivity contribution in [3.8, 4) is 0 Å². The Bertz CT molecular complexity index is 292. The number of halogens is 4. The van der Waals surface area contributed by atoms with Gasteiger partial charge in [-0.25, -0.2) is 4.98 Å². The smallest absolute Gasteiger partial charge is 0.215 e. The highest BCUT2D eigenvalue weighted by molar-refractivity contribution is 7.82. The molecule has 1 rings (SSSR count). The molecule has 2 nitrogen and oxygen atoms in total. The molecule has 1 N–H and O–H groups in total. The number of hydrogen-bond donors (Lipinski definition) is 2. The maximum atomic E-state index is 5.22. The van der Waals surface area contributed by atoms with Crippen molar-refractivity contribution < 1.29 is 0 Å². The van der Waals surface area contributed by atoms with Crippen molar-refractivity contribution in [1.29, 1.82) is 0 Å². The second-order valence-electron chi connectivity index (χ2n) is 1.96. The number of aromatic amines is 1. The summed E-state index contributed by atoms with van der Waals surface area (Å²) in [6.07, 6.45) is 3.40. The molecule has 1 unspecified atom stereocenters. The quantitative estimate of drug-likeness (QED) is 0.431. The standard InChI is InChI=1S/C4H4N2S.C2H2Cl4S/c7-4-5-2-1-3-6-4;3-1(7)2(4,5)6/h1-3H,(H,5,6,7);1,7H. The number of H-pyrrole nitrogens is 1. The van der Waals surface area contributed by atoms with Crippen molar-refractivity contribution in [3.05, 3.63) is 23.2 Å². The van der Waals surface area contributed by atoms with Crippen LogP contribution in [0.4, 0.5) is 0 Å². The average Bonchev–Trinajstić information content (AvgIpc) is 2.04. The van der Waals surface area contributed by atoms with Crippen LogP contribution in [0.3, 0.4) is 0 Å². The van der Waals surface area contributed by atoms with Crippen LogP contribution in [0.15, 0.2) is 18.5 Å². The van der Waals surface area contributed by atoms with Crippen LogP contribution in [0.1, 0.15) is 0 Å². The summed E-state index contributed by atoms with van der Waals surface area (Å²) in [6.45, 7) is 0. The molecule has 0 spiro atoms. The first-order valence-electron chi connectivity index (χ1n) is 3.22. The van der Waals surface area contributed by atoms with Crippen LogP contribution in [0.5, 0.6) is 0 Å². The molecule has 1 aromatic rings. The van der Waals surface area contributed by atoms with E-state index >= 15 is 0 Å². The Hall–Kier alpha value is 0.810. The minimum atomic E-state index is -1.45. The molecule has 0 aliphatic rings. The normalized spacial score (nSPS) is 12.6. The minimum absolute atomic E-state index is 0.530. The molecule has 0 radical (unpaired) electrons. The van der Waals surface area contributed by atoms with E-state index in [1.165, 1.54) is 0 Å². The predicted octanol–water partition coefficient (Wildman–Crippen LogP) is 3.99. The van der Waals surface area contributed by atoms with Gasteiger partial charge in [-0.2, -0.15) is 12.6 Å². The van der Waals surface area contributed by atoms with Gasteiger partial charge in [0, 0.05) is 12.4 Å². The first-order valence-corrected chi connectivity index (χ1v) is 5.72. The lowest BCUT2D eigenvalue weighted by molar-refractivity contribution is 1.13. The summed E-state index contributed by atoms with van der Waals surface area (Å²) in [5, 5.41) is 0. The van der Waals surface area contributed by atoms with Gasteiger partial charge in [0.15, 0.2) is 4.77 Å². The number of nitrogens with zero attached hydrogens (tertiary/aromatic N) is 1. The SMILES string of the molecule is S=c1nccc[nH]1.SC(Cl)C(Cl)(Cl)Cl. The third-order valence-corrected chi connectivity index (χ3v) is 3.24. The Kier molecular flexibility index (Phi) is 7.56. The van der Waals surface area contributed by atoms with Crippen LogP contribution >= 0.6 is 71.3 Å². The molecule has 0 aliphatic carbocycles. The van der Waals surface area contributed by atoms with E-state index in [1.807, 2.05) is 0 Å². The second-order valence-corrected chi connectivity index (χ2v) is 5.98. The highest BCUT2D eigenvalue weighted by atomic mass is 35.6. The zero-order valence-corrected chi connectivity index (χ0v) is 11.4. The number of thiol groups is 1. The molecule has 0 saturated heterocycles. The third-order valence-electron chi connectivity index (χ3n) is 0.851. The van der Waals surface area contributed by atoms with Crippen molar-refractivity contribution in [2.75, 3.05) is 0 Å². The summed E-state index contributed by atoms with van der Waals surface area (Å²) in [6, 6.07) is 1.79.